The van der Waals surface area contributed by atoms with E-state index in [4.69, 9.17) is 9.47 Å². The smallest absolute Gasteiger partial charge is 0.416 e. The first-order valence-electron chi connectivity index (χ1n) is 11.8. The monoisotopic (exact) mass is 540 g/mol. The van der Waals surface area contributed by atoms with Crippen molar-refractivity contribution in [1.82, 2.24) is 5.32 Å². The van der Waals surface area contributed by atoms with Gasteiger partial charge in [-0.15, -0.1) is 0 Å². The molecule has 2 heterocycles. The Morgan fingerprint density at radius 1 is 1.03 bits per heavy atom. The van der Waals surface area contributed by atoms with Gasteiger partial charge in [0.15, 0.2) is 11.5 Å². The van der Waals surface area contributed by atoms with Gasteiger partial charge in [0.25, 0.3) is 11.8 Å². The summed E-state index contributed by atoms with van der Waals surface area (Å²) in [4.78, 5) is 28.6. The molecule has 0 saturated carbocycles. The number of rotatable bonds is 4. The van der Waals surface area contributed by atoms with Gasteiger partial charge in [-0.3, -0.25) is 9.59 Å². The lowest BCUT2D eigenvalue weighted by molar-refractivity contribution is -0.137. The maximum absolute atomic E-state index is 13.0. The number of anilines is 1. The summed E-state index contributed by atoms with van der Waals surface area (Å²) in [6.45, 7) is 2.84. The predicted molar refractivity (Wildman–Crippen MR) is 138 cm³/mol. The summed E-state index contributed by atoms with van der Waals surface area (Å²) in [5.41, 5.74) is 1.56. The van der Waals surface area contributed by atoms with E-state index in [1.165, 1.54) is 28.8 Å². The quantitative estimate of drug-likeness (QED) is 0.407. The van der Waals surface area contributed by atoms with Crippen LogP contribution in [0.3, 0.4) is 0 Å². The van der Waals surface area contributed by atoms with Crippen molar-refractivity contribution < 1.29 is 32.2 Å². The second-order valence-electron chi connectivity index (χ2n) is 8.88. The van der Waals surface area contributed by atoms with Gasteiger partial charge < -0.3 is 19.7 Å². The van der Waals surface area contributed by atoms with Crippen LogP contribution in [-0.4, -0.2) is 32.1 Å². The Hall–Kier alpha value is -3.92. The van der Waals surface area contributed by atoms with E-state index in [9.17, 15) is 22.8 Å². The number of hydrogen-bond donors (Lipinski definition) is 1. The zero-order valence-electron chi connectivity index (χ0n) is 20.5. The molecule has 2 amide bonds. The van der Waals surface area contributed by atoms with Gasteiger partial charge in [0.05, 0.1) is 22.2 Å². The predicted octanol–water partition coefficient (Wildman–Crippen LogP) is 6.08. The van der Waals surface area contributed by atoms with Gasteiger partial charge in [0.2, 0.25) is 0 Å². The Kier molecular flexibility index (Phi) is 6.83. The Morgan fingerprint density at radius 3 is 2.45 bits per heavy atom. The molecule has 3 aromatic rings. The zero-order chi connectivity index (χ0) is 27.0. The van der Waals surface area contributed by atoms with Crippen molar-refractivity contribution >= 4 is 35.3 Å². The van der Waals surface area contributed by atoms with Crippen LogP contribution < -0.4 is 19.7 Å². The molecule has 10 heteroatoms. The van der Waals surface area contributed by atoms with E-state index in [-0.39, 0.29) is 17.9 Å². The maximum Gasteiger partial charge on any atom is 0.416 e. The molecule has 2 aliphatic heterocycles. The van der Waals surface area contributed by atoms with E-state index < -0.39 is 11.7 Å². The van der Waals surface area contributed by atoms with Crippen LogP contribution in [0.1, 0.15) is 40.0 Å². The number of nitrogens with one attached hydrogen (secondary N) is 1. The van der Waals surface area contributed by atoms with Crippen LogP contribution in [0, 0.1) is 0 Å². The molecular formula is C28H23F3N2O4S. The van der Waals surface area contributed by atoms with Crippen LogP contribution in [0.4, 0.5) is 18.9 Å². The Labute approximate surface area is 221 Å². The molecule has 0 aromatic heterocycles. The number of halogens is 3. The molecule has 0 saturated heterocycles. The van der Waals surface area contributed by atoms with Crippen LogP contribution in [0.5, 0.6) is 11.5 Å². The number of alkyl halides is 3. The van der Waals surface area contributed by atoms with Crippen LogP contribution in [-0.2, 0) is 11.0 Å². The lowest BCUT2D eigenvalue weighted by Crippen LogP contribution is -2.31. The van der Waals surface area contributed by atoms with Gasteiger partial charge in [-0.25, -0.2) is 0 Å². The Balaban J connectivity index is 1.32. The highest BCUT2D eigenvalue weighted by Gasteiger charge is 2.30. The minimum atomic E-state index is -4.42. The van der Waals surface area contributed by atoms with Crippen molar-refractivity contribution in [1.29, 1.82) is 0 Å². The Morgan fingerprint density at radius 2 is 1.74 bits per heavy atom. The third-order valence-corrected chi connectivity index (χ3v) is 7.34. The number of fused-ring (bicyclic) bond motifs is 2. The molecule has 38 heavy (non-hydrogen) atoms. The molecule has 6 nitrogen and oxygen atoms in total. The van der Waals surface area contributed by atoms with Crippen LogP contribution >= 0.6 is 11.8 Å². The van der Waals surface area contributed by atoms with E-state index in [1.54, 1.807) is 31.3 Å². The van der Waals surface area contributed by atoms with Crippen molar-refractivity contribution in [2.45, 2.75) is 24.0 Å². The average molecular weight is 541 g/mol. The molecule has 0 bridgehead atoms. The number of thioether (sulfide) groups is 1. The van der Waals surface area contributed by atoms with E-state index in [2.05, 4.69) is 5.32 Å². The Bertz CT molecular complexity index is 1440. The van der Waals surface area contributed by atoms with E-state index >= 15 is 0 Å². The van der Waals surface area contributed by atoms with E-state index in [0.717, 1.165) is 22.6 Å². The molecule has 0 spiro atoms. The lowest BCUT2D eigenvalue weighted by atomic mass is 10.1. The highest BCUT2D eigenvalue weighted by atomic mass is 32.2. The first-order valence-corrected chi connectivity index (χ1v) is 12.6. The number of carbonyl (C=O) groups excluding carboxylic acids is 2. The average Bonchev–Trinajstić information content (AvgIpc) is 2.91. The molecule has 0 radical (unpaired) electrons. The number of likely N-dealkylation sites (N-methyl/N-ethyl adjacent to an activating group) is 1. The van der Waals surface area contributed by atoms with Crippen molar-refractivity contribution in [2.24, 2.45) is 0 Å². The molecule has 1 N–H and O–H groups in total. The summed E-state index contributed by atoms with van der Waals surface area (Å²) in [7, 11) is 1.60. The number of amides is 2. The molecule has 0 aliphatic carbocycles. The second-order valence-corrected chi connectivity index (χ2v) is 9.96. The molecule has 196 valence electrons. The fraction of sp³-hybridized carbons (Fsp3) is 0.214. The fourth-order valence-electron chi connectivity index (χ4n) is 4.15. The van der Waals surface area contributed by atoms with Crippen molar-refractivity contribution in [3.05, 3.63) is 87.8 Å². The number of benzene rings is 3. The summed E-state index contributed by atoms with van der Waals surface area (Å²) in [6, 6.07) is 15.0. The third kappa shape index (κ3) is 5.22. The minimum Gasteiger partial charge on any atom is -0.486 e. The highest BCUT2D eigenvalue weighted by Crippen LogP contribution is 2.42. The normalized spacial score (nSPS) is 16.7. The number of ether oxygens (including phenoxy) is 2. The lowest BCUT2D eigenvalue weighted by Gasteiger charge is -2.27. The zero-order valence-corrected chi connectivity index (χ0v) is 21.3. The van der Waals surface area contributed by atoms with E-state index in [0.29, 0.717) is 46.4 Å². The van der Waals surface area contributed by atoms with Gasteiger partial charge in [-0.2, -0.15) is 13.2 Å². The topological polar surface area (TPSA) is 67.9 Å². The van der Waals surface area contributed by atoms with E-state index in [1.807, 2.05) is 25.1 Å². The van der Waals surface area contributed by atoms with Crippen LogP contribution in [0.2, 0.25) is 0 Å². The van der Waals surface area contributed by atoms with Gasteiger partial charge in [-0.05, 0) is 66.6 Å². The molecule has 1 unspecified atom stereocenters. The van der Waals surface area contributed by atoms with Gasteiger partial charge in [0, 0.05) is 17.5 Å². The number of hydrogen-bond acceptors (Lipinski definition) is 5. The first kappa shape index (κ1) is 25.7. The molecular weight excluding hydrogens is 517 g/mol. The van der Waals surface area contributed by atoms with Crippen molar-refractivity contribution in [3.8, 4) is 11.5 Å². The number of carbonyl (C=O) groups is 2. The second kappa shape index (κ2) is 10.1. The van der Waals surface area contributed by atoms with Crippen molar-refractivity contribution in [2.75, 3.05) is 25.2 Å². The fourth-order valence-corrected chi connectivity index (χ4v) is 5.24. The van der Waals surface area contributed by atoms with Crippen molar-refractivity contribution in [3.63, 3.8) is 0 Å². The first-order chi connectivity index (χ1) is 18.1. The van der Waals surface area contributed by atoms with Gasteiger partial charge in [-0.1, -0.05) is 30.0 Å². The summed E-state index contributed by atoms with van der Waals surface area (Å²) >= 11 is 1.21. The highest BCUT2D eigenvalue weighted by molar-refractivity contribution is 8.04. The van der Waals surface area contributed by atoms with Crippen LogP contribution in [0.25, 0.3) is 6.08 Å². The van der Waals surface area contributed by atoms with Gasteiger partial charge in [0.1, 0.15) is 13.2 Å². The molecule has 3 aromatic carbocycles. The third-order valence-electron chi connectivity index (χ3n) is 6.27. The summed E-state index contributed by atoms with van der Waals surface area (Å²) in [5, 5.41) is 2.97. The standard InChI is InChI=1S/C28H23F3N2O4S/c1-16(18-5-9-22-23(15-18)37-12-11-36-22)32-26(34)19-6-10-24-21(14-19)33(2)27(35)25(38-24)13-17-3-7-20(8-4-17)28(29,30)31/h3-10,13-16H,11-12H2,1-2H3,(H,32,34)/b25-13-. The van der Waals surface area contributed by atoms with Gasteiger partial charge >= 0.3 is 6.18 Å². The summed E-state index contributed by atoms with van der Waals surface area (Å²) in [5.74, 6) is 0.697. The maximum atomic E-state index is 13.0. The number of nitrogens with zero attached hydrogens (tertiary/aromatic N) is 1. The molecule has 1 atom stereocenters. The molecule has 2 aliphatic rings. The molecule has 5 rings (SSSR count). The minimum absolute atomic E-state index is 0.299. The SMILES string of the molecule is CC(NC(=O)c1ccc2c(c1)N(C)C(=O)/C(=C/c1ccc(C(F)(F)F)cc1)S2)c1ccc2c(c1)OCCO2. The van der Waals surface area contributed by atoms with Crippen LogP contribution in [0.15, 0.2) is 70.5 Å². The summed E-state index contributed by atoms with van der Waals surface area (Å²) in [6.07, 6.45) is -2.87. The molecule has 0 fully saturated rings. The summed E-state index contributed by atoms with van der Waals surface area (Å²) < 4.78 is 49.7. The largest absolute Gasteiger partial charge is 0.486 e.